The first-order valence-electron chi connectivity index (χ1n) is 9.81. The van der Waals surface area contributed by atoms with Crippen molar-refractivity contribution in [1.82, 2.24) is 4.90 Å². The highest BCUT2D eigenvalue weighted by molar-refractivity contribution is 5.95. The minimum absolute atomic E-state index is 0.00634. The van der Waals surface area contributed by atoms with Crippen LogP contribution < -0.4 is 4.90 Å². The van der Waals surface area contributed by atoms with Crippen LogP contribution in [0.4, 0.5) is 10.1 Å². The van der Waals surface area contributed by atoms with Crippen molar-refractivity contribution in [3.8, 4) is 0 Å². The van der Waals surface area contributed by atoms with Crippen molar-refractivity contribution >= 4 is 11.6 Å². The van der Waals surface area contributed by atoms with E-state index in [9.17, 15) is 14.3 Å². The van der Waals surface area contributed by atoms with Gasteiger partial charge in [-0.05, 0) is 49.6 Å². The summed E-state index contributed by atoms with van der Waals surface area (Å²) in [6.45, 7) is 9.36. The lowest BCUT2D eigenvalue weighted by Crippen LogP contribution is -2.45. The fourth-order valence-corrected chi connectivity index (χ4v) is 3.34. The molecule has 2 aromatic carbocycles. The first kappa shape index (κ1) is 22.1. The monoisotopic (exact) mass is 386 g/mol. The van der Waals surface area contributed by atoms with Gasteiger partial charge >= 0.3 is 0 Å². The zero-order chi connectivity index (χ0) is 20.7. The Morgan fingerprint density at radius 1 is 0.964 bits per heavy atom. The molecule has 0 saturated heterocycles. The van der Waals surface area contributed by atoms with E-state index in [0.717, 1.165) is 5.69 Å². The standard InChI is InChI=1S/C23H31FN2O2/c1-17(2)14-25(15-22(27)19-10-12-20(24)13-11-19)16-23(28)26(18(3)4)21-8-6-5-7-9-21/h5-13,17-18,22,27H,14-16H2,1-4H3. The van der Waals surface area contributed by atoms with Crippen LogP contribution in [0.25, 0.3) is 0 Å². The molecule has 0 spiro atoms. The van der Waals surface area contributed by atoms with Gasteiger partial charge in [0.15, 0.2) is 0 Å². The van der Waals surface area contributed by atoms with Crippen LogP contribution >= 0.6 is 0 Å². The normalized spacial score (nSPS) is 12.6. The van der Waals surface area contributed by atoms with E-state index in [0.29, 0.717) is 24.6 Å². The van der Waals surface area contributed by atoms with E-state index < -0.39 is 6.10 Å². The maximum Gasteiger partial charge on any atom is 0.241 e. The molecule has 0 bridgehead atoms. The molecule has 5 heteroatoms. The summed E-state index contributed by atoms with van der Waals surface area (Å²) in [5.74, 6) is 0.00574. The number of rotatable bonds is 9. The quantitative estimate of drug-likeness (QED) is 0.700. The molecular weight excluding hydrogens is 355 g/mol. The molecule has 0 heterocycles. The van der Waals surface area contributed by atoms with Crippen LogP contribution in [0, 0.1) is 11.7 Å². The highest BCUT2D eigenvalue weighted by atomic mass is 19.1. The van der Waals surface area contributed by atoms with E-state index in [2.05, 4.69) is 13.8 Å². The Bertz CT molecular complexity index is 732. The molecule has 0 aliphatic heterocycles. The van der Waals surface area contributed by atoms with Crippen LogP contribution in [-0.4, -0.2) is 41.6 Å². The lowest BCUT2D eigenvalue weighted by Gasteiger charge is -2.32. The number of nitrogens with zero attached hydrogens (tertiary/aromatic N) is 2. The predicted octanol–water partition coefficient (Wildman–Crippen LogP) is 4.26. The number of benzene rings is 2. The molecule has 0 aliphatic carbocycles. The fraction of sp³-hybridized carbons (Fsp3) is 0.435. The summed E-state index contributed by atoms with van der Waals surface area (Å²) in [6, 6.07) is 15.5. The Kier molecular flexibility index (Phi) is 8.15. The summed E-state index contributed by atoms with van der Waals surface area (Å²) < 4.78 is 13.1. The van der Waals surface area contributed by atoms with E-state index in [1.165, 1.54) is 12.1 Å². The Morgan fingerprint density at radius 3 is 2.11 bits per heavy atom. The van der Waals surface area contributed by atoms with Gasteiger partial charge in [0.2, 0.25) is 5.91 Å². The number of aliphatic hydroxyl groups is 1. The number of anilines is 1. The molecule has 2 rings (SSSR count). The molecule has 1 N–H and O–H groups in total. The number of carbonyl (C=O) groups excluding carboxylic acids is 1. The molecule has 0 fully saturated rings. The van der Waals surface area contributed by atoms with Crippen LogP contribution in [0.15, 0.2) is 54.6 Å². The number of hydrogen-bond acceptors (Lipinski definition) is 3. The van der Waals surface area contributed by atoms with Gasteiger partial charge in [-0.15, -0.1) is 0 Å². The predicted molar refractivity (Wildman–Crippen MR) is 112 cm³/mol. The van der Waals surface area contributed by atoms with Gasteiger partial charge in [-0.3, -0.25) is 9.69 Å². The van der Waals surface area contributed by atoms with Crippen LogP contribution in [-0.2, 0) is 4.79 Å². The zero-order valence-corrected chi connectivity index (χ0v) is 17.2. The summed E-state index contributed by atoms with van der Waals surface area (Å²) >= 11 is 0. The molecule has 2 aromatic rings. The summed E-state index contributed by atoms with van der Waals surface area (Å²) in [6.07, 6.45) is -0.781. The van der Waals surface area contributed by atoms with E-state index in [4.69, 9.17) is 0 Å². The van der Waals surface area contributed by atoms with Crippen molar-refractivity contribution in [1.29, 1.82) is 0 Å². The fourth-order valence-electron chi connectivity index (χ4n) is 3.34. The average Bonchev–Trinajstić information content (AvgIpc) is 2.62. The minimum atomic E-state index is -0.781. The number of carbonyl (C=O) groups is 1. The third-order valence-electron chi connectivity index (χ3n) is 4.49. The largest absolute Gasteiger partial charge is 0.387 e. The van der Waals surface area contributed by atoms with Gasteiger partial charge in [0.05, 0.1) is 12.6 Å². The number of aliphatic hydroxyl groups excluding tert-OH is 1. The van der Waals surface area contributed by atoms with Crippen molar-refractivity contribution in [2.75, 3.05) is 24.5 Å². The number of halogens is 1. The van der Waals surface area contributed by atoms with Gasteiger partial charge in [0.25, 0.3) is 0 Å². The SMILES string of the molecule is CC(C)CN(CC(=O)N(c1ccccc1)C(C)C)CC(O)c1ccc(F)cc1. The molecule has 0 aromatic heterocycles. The molecule has 1 unspecified atom stereocenters. The van der Waals surface area contributed by atoms with Gasteiger partial charge in [0, 0.05) is 24.8 Å². The van der Waals surface area contributed by atoms with E-state index in [-0.39, 0.29) is 24.3 Å². The van der Waals surface area contributed by atoms with Gasteiger partial charge in [-0.1, -0.05) is 44.2 Å². The molecule has 0 saturated carbocycles. The Labute approximate surface area is 167 Å². The summed E-state index contributed by atoms with van der Waals surface area (Å²) in [7, 11) is 0. The van der Waals surface area contributed by atoms with Gasteiger partial charge < -0.3 is 10.0 Å². The minimum Gasteiger partial charge on any atom is -0.387 e. The molecule has 152 valence electrons. The van der Waals surface area contributed by atoms with Crippen LogP contribution in [0.3, 0.4) is 0 Å². The summed E-state index contributed by atoms with van der Waals surface area (Å²) in [4.78, 5) is 16.9. The van der Waals surface area contributed by atoms with Gasteiger partial charge in [-0.2, -0.15) is 0 Å². The smallest absolute Gasteiger partial charge is 0.241 e. The van der Waals surface area contributed by atoms with Gasteiger partial charge in [-0.25, -0.2) is 4.39 Å². The molecule has 4 nitrogen and oxygen atoms in total. The van der Waals surface area contributed by atoms with Crippen LogP contribution in [0.2, 0.25) is 0 Å². The van der Waals surface area contributed by atoms with Gasteiger partial charge in [0.1, 0.15) is 5.82 Å². The van der Waals surface area contributed by atoms with E-state index in [1.807, 2.05) is 49.1 Å². The zero-order valence-electron chi connectivity index (χ0n) is 17.2. The second kappa shape index (κ2) is 10.3. The number of hydrogen-bond donors (Lipinski definition) is 1. The maximum atomic E-state index is 13.1. The van der Waals surface area contributed by atoms with Crippen molar-refractivity contribution in [3.63, 3.8) is 0 Å². The van der Waals surface area contributed by atoms with Crippen molar-refractivity contribution in [2.45, 2.75) is 39.8 Å². The molecule has 1 amide bonds. The van der Waals surface area contributed by atoms with Crippen molar-refractivity contribution in [3.05, 3.63) is 66.0 Å². The number of para-hydroxylation sites is 1. The molecule has 28 heavy (non-hydrogen) atoms. The Hall–Kier alpha value is -2.24. The molecular formula is C23H31FN2O2. The Morgan fingerprint density at radius 2 is 1.57 bits per heavy atom. The summed E-state index contributed by atoms with van der Waals surface area (Å²) in [5.41, 5.74) is 1.51. The van der Waals surface area contributed by atoms with Crippen molar-refractivity contribution in [2.24, 2.45) is 5.92 Å². The highest BCUT2D eigenvalue weighted by Crippen LogP contribution is 2.19. The first-order chi connectivity index (χ1) is 13.3. The highest BCUT2D eigenvalue weighted by Gasteiger charge is 2.23. The third-order valence-corrected chi connectivity index (χ3v) is 4.49. The maximum absolute atomic E-state index is 13.1. The molecule has 1 atom stereocenters. The topological polar surface area (TPSA) is 43.8 Å². The Balaban J connectivity index is 2.13. The average molecular weight is 387 g/mol. The third kappa shape index (κ3) is 6.43. The molecule has 0 aliphatic rings. The second-order valence-electron chi connectivity index (χ2n) is 7.85. The summed E-state index contributed by atoms with van der Waals surface area (Å²) in [5, 5.41) is 10.6. The number of amides is 1. The van der Waals surface area contributed by atoms with E-state index in [1.54, 1.807) is 17.0 Å². The molecule has 0 radical (unpaired) electrons. The van der Waals surface area contributed by atoms with E-state index >= 15 is 0 Å². The first-order valence-corrected chi connectivity index (χ1v) is 9.81. The van der Waals surface area contributed by atoms with Crippen LogP contribution in [0.1, 0.15) is 39.4 Å². The van der Waals surface area contributed by atoms with Crippen LogP contribution in [0.5, 0.6) is 0 Å². The second-order valence-corrected chi connectivity index (χ2v) is 7.85. The van der Waals surface area contributed by atoms with Crippen molar-refractivity contribution < 1.29 is 14.3 Å². The lowest BCUT2D eigenvalue weighted by molar-refractivity contribution is -0.120. The lowest BCUT2D eigenvalue weighted by atomic mass is 10.1.